The average Bonchev–Trinajstić information content (AvgIpc) is 2.97. The molecule has 0 N–H and O–H groups in total. The second kappa shape index (κ2) is 6.39. The van der Waals surface area contributed by atoms with Gasteiger partial charge in [0.05, 0.1) is 11.2 Å². The molecule has 3 aromatic rings. The zero-order valence-electron chi connectivity index (χ0n) is 14.8. The highest BCUT2D eigenvalue weighted by Gasteiger charge is 2.40. The van der Waals surface area contributed by atoms with Crippen LogP contribution in [0.2, 0.25) is 0 Å². The molecule has 1 atom stereocenters. The summed E-state index contributed by atoms with van der Waals surface area (Å²) in [6.45, 7) is 1.92. The number of oxazole rings is 1. The summed E-state index contributed by atoms with van der Waals surface area (Å²) in [5.41, 5.74) is 2.61. The van der Waals surface area contributed by atoms with Crippen molar-refractivity contribution in [2.24, 2.45) is 0 Å². The molecule has 0 amide bonds. The van der Waals surface area contributed by atoms with Crippen LogP contribution in [0.3, 0.4) is 0 Å². The molecule has 5 nitrogen and oxygen atoms in total. The lowest BCUT2D eigenvalue weighted by atomic mass is 9.96. The summed E-state index contributed by atoms with van der Waals surface area (Å²) in [6.07, 6.45) is 1.39. The smallest absolute Gasteiger partial charge is 0.274 e. The molecule has 2 heterocycles. The first-order chi connectivity index (χ1) is 12.6. The average molecular weight is 369 g/mol. The van der Waals surface area contributed by atoms with Gasteiger partial charge in [-0.25, -0.2) is 0 Å². The second-order valence-electron chi connectivity index (χ2n) is 6.29. The van der Waals surface area contributed by atoms with Gasteiger partial charge in [-0.2, -0.15) is 0 Å². The third-order valence-corrected chi connectivity index (χ3v) is 4.81. The lowest BCUT2D eigenvalue weighted by molar-refractivity contribution is -0.180. The molecule has 0 fully saturated rings. The maximum atomic E-state index is 6.24. The third-order valence-electron chi connectivity index (χ3n) is 4.54. The van der Waals surface area contributed by atoms with Crippen molar-refractivity contribution >= 4 is 29.0 Å². The zero-order valence-corrected chi connectivity index (χ0v) is 15.6. The van der Waals surface area contributed by atoms with E-state index >= 15 is 0 Å². The number of hydrogen-bond acceptors (Lipinski definition) is 5. The molecule has 2 aromatic carbocycles. The Morgan fingerprint density at radius 1 is 1.04 bits per heavy atom. The van der Waals surface area contributed by atoms with Gasteiger partial charge >= 0.3 is 0 Å². The van der Waals surface area contributed by atoms with Crippen LogP contribution in [0.25, 0.3) is 16.8 Å². The van der Waals surface area contributed by atoms with Gasteiger partial charge < -0.3 is 18.6 Å². The highest BCUT2D eigenvalue weighted by atomic mass is 32.1. The first-order valence-electron chi connectivity index (χ1n) is 8.25. The van der Waals surface area contributed by atoms with Crippen LogP contribution in [-0.2, 0) is 9.47 Å². The minimum absolute atomic E-state index is 0.378. The molecule has 26 heavy (non-hydrogen) atoms. The van der Waals surface area contributed by atoms with E-state index in [1.807, 2.05) is 66.1 Å². The largest absolute Gasteiger partial charge is 0.477 e. The van der Waals surface area contributed by atoms with Crippen LogP contribution in [0.1, 0.15) is 12.5 Å². The third kappa shape index (κ3) is 2.58. The van der Waals surface area contributed by atoms with Crippen LogP contribution >= 0.6 is 12.2 Å². The first kappa shape index (κ1) is 17.0. The summed E-state index contributed by atoms with van der Waals surface area (Å²) in [7, 11) is 3.19. The molecule has 1 aliphatic rings. The van der Waals surface area contributed by atoms with Gasteiger partial charge in [0.15, 0.2) is 11.2 Å². The van der Waals surface area contributed by atoms with Gasteiger partial charge in [-0.1, -0.05) is 24.3 Å². The monoisotopic (exact) mass is 369 g/mol. The summed E-state index contributed by atoms with van der Waals surface area (Å²) < 4.78 is 24.9. The molecule has 0 saturated carbocycles. The highest BCUT2D eigenvalue weighted by molar-refractivity contribution is 7.71. The van der Waals surface area contributed by atoms with E-state index in [1.165, 1.54) is 0 Å². The van der Waals surface area contributed by atoms with Crippen LogP contribution in [-0.4, -0.2) is 30.7 Å². The minimum atomic E-state index is -0.833. The summed E-state index contributed by atoms with van der Waals surface area (Å²) in [4.78, 5) is 0.378. The van der Waals surface area contributed by atoms with E-state index in [0.29, 0.717) is 4.84 Å². The molecule has 1 unspecified atom stereocenters. The van der Waals surface area contributed by atoms with Gasteiger partial charge in [-0.3, -0.25) is 4.57 Å². The number of methoxy groups -OCH3 is 2. The number of fused-ring (bicyclic) bond motifs is 2. The fourth-order valence-corrected chi connectivity index (χ4v) is 3.73. The Labute approximate surface area is 156 Å². The van der Waals surface area contributed by atoms with Crippen molar-refractivity contribution in [2.75, 3.05) is 14.2 Å². The van der Waals surface area contributed by atoms with Gasteiger partial charge in [0, 0.05) is 19.8 Å². The topological polar surface area (TPSA) is 45.8 Å². The molecule has 1 aliphatic heterocycles. The van der Waals surface area contributed by atoms with Gasteiger partial charge in [0.1, 0.15) is 5.75 Å². The fraction of sp³-hybridized carbons (Fsp3) is 0.250. The van der Waals surface area contributed by atoms with Crippen LogP contribution in [0.4, 0.5) is 0 Å². The minimum Gasteiger partial charge on any atom is -0.477 e. The molecular formula is C20H19NO4S. The summed E-state index contributed by atoms with van der Waals surface area (Å²) in [5, 5.41) is 0. The maximum Gasteiger partial charge on any atom is 0.274 e. The standard InChI is InChI=1S/C20H19NO4S/c1-20(18(22-2)23-3)12-15(13-8-4-6-10-16(13)25-20)21-14-9-5-7-11-17(14)24-19(21)26/h4-12,18H,1-3H3. The normalized spacial score (nSPS) is 19.3. The fourth-order valence-electron chi connectivity index (χ4n) is 3.44. The molecule has 6 heteroatoms. The van der Waals surface area contributed by atoms with Crippen LogP contribution in [0.5, 0.6) is 5.75 Å². The van der Waals surface area contributed by atoms with Crippen molar-refractivity contribution in [2.45, 2.75) is 18.8 Å². The first-order valence-corrected chi connectivity index (χ1v) is 8.66. The van der Waals surface area contributed by atoms with Crippen LogP contribution in [0, 0.1) is 4.84 Å². The number of aromatic nitrogens is 1. The van der Waals surface area contributed by atoms with E-state index in [0.717, 1.165) is 28.1 Å². The van der Waals surface area contributed by atoms with Gasteiger partial charge in [-0.15, -0.1) is 0 Å². The van der Waals surface area contributed by atoms with E-state index in [-0.39, 0.29) is 0 Å². The lowest BCUT2D eigenvalue weighted by Crippen LogP contribution is -2.47. The van der Waals surface area contributed by atoms with E-state index in [9.17, 15) is 0 Å². The maximum absolute atomic E-state index is 6.24. The van der Waals surface area contributed by atoms with Gasteiger partial charge in [0.2, 0.25) is 6.29 Å². The van der Waals surface area contributed by atoms with Crippen molar-refractivity contribution < 1.29 is 18.6 Å². The number of benzene rings is 2. The number of para-hydroxylation sites is 3. The Morgan fingerprint density at radius 2 is 1.73 bits per heavy atom. The van der Waals surface area contributed by atoms with Crippen molar-refractivity contribution in [1.82, 2.24) is 4.57 Å². The van der Waals surface area contributed by atoms with Crippen LogP contribution < -0.4 is 4.74 Å². The van der Waals surface area contributed by atoms with Crippen molar-refractivity contribution in [3.05, 3.63) is 65.0 Å². The molecule has 0 radical (unpaired) electrons. The van der Waals surface area contributed by atoms with Crippen molar-refractivity contribution in [3.63, 3.8) is 0 Å². The number of hydrogen-bond donors (Lipinski definition) is 0. The number of rotatable bonds is 4. The molecule has 0 bridgehead atoms. The molecule has 134 valence electrons. The molecular weight excluding hydrogens is 350 g/mol. The SMILES string of the molecule is COC(OC)C1(C)C=C(n2c(=S)oc3ccccc32)c2ccccc2O1. The van der Waals surface area contributed by atoms with Crippen molar-refractivity contribution in [3.8, 4) is 5.75 Å². The van der Waals surface area contributed by atoms with Crippen LogP contribution in [0.15, 0.2) is 59.0 Å². The lowest BCUT2D eigenvalue weighted by Gasteiger charge is -2.38. The Bertz CT molecular complexity index is 1050. The summed E-state index contributed by atoms with van der Waals surface area (Å²) >= 11 is 5.51. The predicted molar refractivity (Wildman–Crippen MR) is 102 cm³/mol. The number of ether oxygens (including phenoxy) is 3. The number of nitrogens with zero attached hydrogens (tertiary/aromatic N) is 1. The molecule has 0 spiro atoms. The summed E-state index contributed by atoms with van der Waals surface area (Å²) in [6, 6.07) is 15.6. The highest BCUT2D eigenvalue weighted by Crippen LogP contribution is 2.40. The van der Waals surface area contributed by atoms with Gasteiger partial charge in [0.25, 0.3) is 4.84 Å². The summed E-state index contributed by atoms with van der Waals surface area (Å²) in [5.74, 6) is 0.735. The Hall–Kier alpha value is -2.41. The Balaban J connectivity index is 2.01. The quantitative estimate of drug-likeness (QED) is 0.496. The Kier molecular flexibility index (Phi) is 4.19. The van der Waals surface area contributed by atoms with Crippen molar-refractivity contribution in [1.29, 1.82) is 0 Å². The molecule has 4 rings (SSSR count). The predicted octanol–water partition coefficient (Wildman–Crippen LogP) is 4.62. The van der Waals surface area contributed by atoms with E-state index in [4.69, 9.17) is 30.8 Å². The van der Waals surface area contributed by atoms with E-state index < -0.39 is 11.9 Å². The zero-order chi connectivity index (χ0) is 18.3. The second-order valence-corrected chi connectivity index (χ2v) is 6.64. The Morgan fingerprint density at radius 3 is 2.50 bits per heavy atom. The van der Waals surface area contributed by atoms with Gasteiger partial charge in [-0.05, 0) is 49.5 Å². The molecule has 1 aromatic heterocycles. The van der Waals surface area contributed by atoms with E-state index in [1.54, 1.807) is 14.2 Å². The molecule has 0 aliphatic carbocycles. The molecule has 0 saturated heterocycles. The van der Waals surface area contributed by atoms with E-state index in [2.05, 4.69) is 0 Å².